The molecule has 0 aliphatic heterocycles. The largest absolute Gasteiger partial charge is 0.490 e. The van der Waals surface area contributed by atoms with Crippen molar-refractivity contribution in [2.24, 2.45) is 0 Å². The number of benzene rings is 1. The molecule has 1 N–H and O–H groups in total. The standard InChI is InChI=1S/C15H20N2O2.ClH/c1-4-18-14-7-5-6-8-15(14)19-10-9-13-11(2)16-17-12(13)3;/h5-8H,4,9-10H2,1-3H3,(H,16,17);1H. The Hall–Kier alpha value is -1.68. The number of aromatic amines is 1. The van der Waals surface area contributed by atoms with E-state index in [1.165, 1.54) is 5.56 Å². The SMILES string of the molecule is CCOc1ccccc1OCCc1c(C)n[nH]c1C.Cl. The number of hydrogen-bond acceptors (Lipinski definition) is 3. The fourth-order valence-corrected chi connectivity index (χ4v) is 2.05. The molecule has 0 bridgehead atoms. The van der Waals surface area contributed by atoms with Gasteiger partial charge in [-0.15, -0.1) is 12.4 Å². The van der Waals surface area contributed by atoms with Gasteiger partial charge in [-0.3, -0.25) is 5.10 Å². The van der Waals surface area contributed by atoms with Crippen LogP contribution in [0.4, 0.5) is 0 Å². The lowest BCUT2D eigenvalue weighted by Crippen LogP contribution is -2.04. The zero-order valence-corrected chi connectivity index (χ0v) is 12.9. The Bertz CT molecular complexity index is 521. The van der Waals surface area contributed by atoms with Crippen molar-refractivity contribution in [1.29, 1.82) is 0 Å². The first-order chi connectivity index (χ1) is 9.22. The van der Waals surface area contributed by atoms with Crippen LogP contribution in [-0.4, -0.2) is 23.4 Å². The normalized spacial score (nSPS) is 9.95. The topological polar surface area (TPSA) is 47.1 Å². The molecule has 0 radical (unpaired) electrons. The van der Waals surface area contributed by atoms with E-state index in [0.717, 1.165) is 29.3 Å². The van der Waals surface area contributed by atoms with Crippen molar-refractivity contribution in [1.82, 2.24) is 10.2 Å². The van der Waals surface area contributed by atoms with Gasteiger partial charge in [0.1, 0.15) is 0 Å². The number of aromatic nitrogens is 2. The molecule has 4 nitrogen and oxygen atoms in total. The van der Waals surface area contributed by atoms with Crippen molar-refractivity contribution >= 4 is 12.4 Å². The predicted molar refractivity (Wildman–Crippen MR) is 82.1 cm³/mol. The molecule has 2 rings (SSSR count). The Labute approximate surface area is 125 Å². The number of aryl methyl sites for hydroxylation is 2. The van der Waals surface area contributed by atoms with Crippen LogP contribution in [-0.2, 0) is 6.42 Å². The lowest BCUT2D eigenvalue weighted by molar-refractivity contribution is 0.279. The highest BCUT2D eigenvalue weighted by Gasteiger charge is 2.07. The average molecular weight is 297 g/mol. The maximum absolute atomic E-state index is 5.81. The summed E-state index contributed by atoms with van der Waals surface area (Å²) in [5.74, 6) is 1.59. The van der Waals surface area contributed by atoms with Crippen LogP contribution in [0.15, 0.2) is 24.3 Å². The summed E-state index contributed by atoms with van der Waals surface area (Å²) >= 11 is 0. The summed E-state index contributed by atoms with van der Waals surface area (Å²) in [5, 5.41) is 7.17. The summed E-state index contributed by atoms with van der Waals surface area (Å²) in [5.41, 5.74) is 3.38. The van der Waals surface area contributed by atoms with Crippen LogP contribution in [0.2, 0.25) is 0 Å². The molecule has 2 aromatic rings. The molecule has 0 fully saturated rings. The summed E-state index contributed by atoms with van der Waals surface area (Å²) in [6.07, 6.45) is 0.842. The van der Waals surface area contributed by atoms with Gasteiger partial charge in [-0.05, 0) is 38.5 Å². The summed E-state index contributed by atoms with van der Waals surface area (Å²) in [4.78, 5) is 0. The van der Waals surface area contributed by atoms with E-state index in [0.29, 0.717) is 13.2 Å². The molecule has 0 aliphatic rings. The van der Waals surface area contributed by atoms with E-state index in [4.69, 9.17) is 9.47 Å². The first kappa shape index (κ1) is 16.4. The van der Waals surface area contributed by atoms with E-state index in [2.05, 4.69) is 10.2 Å². The number of halogens is 1. The summed E-state index contributed by atoms with van der Waals surface area (Å²) in [6.45, 7) is 7.26. The maximum Gasteiger partial charge on any atom is 0.161 e. The second kappa shape index (κ2) is 7.80. The molecule has 1 heterocycles. The molecule has 0 aliphatic carbocycles. The van der Waals surface area contributed by atoms with Gasteiger partial charge in [0.15, 0.2) is 11.5 Å². The highest BCUT2D eigenvalue weighted by Crippen LogP contribution is 2.26. The van der Waals surface area contributed by atoms with Crippen LogP contribution in [0.1, 0.15) is 23.9 Å². The van der Waals surface area contributed by atoms with Gasteiger partial charge in [0.25, 0.3) is 0 Å². The molecule has 20 heavy (non-hydrogen) atoms. The molecule has 0 spiro atoms. The van der Waals surface area contributed by atoms with Gasteiger partial charge in [0.2, 0.25) is 0 Å². The second-order valence-corrected chi connectivity index (χ2v) is 4.39. The van der Waals surface area contributed by atoms with Crippen molar-refractivity contribution in [3.63, 3.8) is 0 Å². The van der Waals surface area contributed by atoms with Gasteiger partial charge in [0, 0.05) is 12.1 Å². The van der Waals surface area contributed by atoms with Crippen LogP contribution in [0.5, 0.6) is 11.5 Å². The molecule has 110 valence electrons. The molecule has 0 saturated carbocycles. The molecule has 0 unspecified atom stereocenters. The van der Waals surface area contributed by atoms with E-state index in [1.54, 1.807) is 0 Å². The van der Waals surface area contributed by atoms with Crippen LogP contribution in [0.3, 0.4) is 0 Å². The molecule has 0 saturated heterocycles. The van der Waals surface area contributed by atoms with E-state index < -0.39 is 0 Å². The number of nitrogens with zero attached hydrogens (tertiary/aromatic N) is 1. The number of hydrogen-bond donors (Lipinski definition) is 1. The Kier molecular flexibility index (Phi) is 6.39. The van der Waals surface area contributed by atoms with Crippen molar-refractivity contribution in [2.75, 3.05) is 13.2 Å². The Morgan fingerprint density at radius 1 is 1.10 bits per heavy atom. The number of para-hydroxylation sites is 2. The van der Waals surface area contributed by atoms with E-state index in [9.17, 15) is 0 Å². The smallest absolute Gasteiger partial charge is 0.161 e. The van der Waals surface area contributed by atoms with Crippen molar-refractivity contribution in [2.45, 2.75) is 27.2 Å². The zero-order chi connectivity index (χ0) is 13.7. The van der Waals surface area contributed by atoms with Crippen molar-refractivity contribution in [3.8, 4) is 11.5 Å². The lowest BCUT2D eigenvalue weighted by Gasteiger charge is -2.11. The first-order valence-electron chi connectivity index (χ1n) is 6.57. The Balaban J connectivity index is 0.00000200. The molecule has 1 aromatic carbocycles. The monoisotopic (exact) mass is 296 g/mol. The quantitative estimate of drug-likeness (QED) is 0.888. The van der Waals surface area contributed by atoms with E-state index >= 15 is 0 Å². The molecular weight excluding hydrogens is 276 g/mol. The van der Waals surface area contributed by atoms with Crippen LogP contribution >= 0.6 is 12.4 Å². The van der Waals surface area contributed by atoms with Gasteiger partial charge in [0.05, 0.1) is 18.9 Å². The van der Waals surface area contributed by atoms with Gasteiger partial charge >= 0.3 is 0 Å². The fraction of sp³-hybridized carbons (Fsp3) is 0.400. The highest BCUT2D eigenvalue weighted by molar-refractivity contribution is 5.85. The fourth-order valence-electron chi connectivity index (χ4n) is 2.05. The average Bonchev–Trinajstić information content (AvgIpc) is 2.72. The minimum atomic E-state index is 0. The molecule has 5 heteroatoms. The highest BCUT2D eigenvalue weighted by atomic mass is 35.5. The summed E-state index contributed by atoms with van der Waals surface area (Å²) < 4.78 is 11.3. The molecule has 0 amide bonds. The van der Waals surface area contributed by atoms with Crippen LogP contribution in [0, 0.1) is 13.8 Å². The van der Waals surface area contributed by atoms with Gasteiger partial charge in [-0.1, -0.05) is 12.1 Å². The van der Waals surface area contributed by atoms with Crippen LogP contribution in [0.25, 0.3) is 0 Å². The number of ether oxygens (including phenoxy) is 2. The molecule has 1 aromatic heterocycles. The van der Waals surface area contributed by atoms with Gasteiger partial charge < -0.3 is 9.47 Å². The minimum Gasteiger partial charge on any atom is -0.490 e. The predicted octanol–water partition coefficient (Wildman–Crippen LogP) is 3.47. The van der Waals surface area contributed by atoms with Gasteiger partial charge in [-0.25, -0.2) is 0 Å². The summed E-state index contributed by atoms with van der Waals surface area (Å²) in [7, 11) is 0. The maximum atomic E-state index is 5.81. The minimum absolute atomic E-state index is 0. The van der Waals surface area contributed by atoms with E-state index in [-0.39, 0.29) is 12.4 Å². The van der Waals surface area contributed by atoms with Crippen LogP contribution < -0.4 is 9.47 Å². The number of nitrogens with one attached hydrogen (secondary N) is 1. The third-order valence-corrected chi connectivity index (χ3v) is 3.04. The Morgan fingerprint density at radius 2 is 1.75 bits per heavy atom. The Morgan fingerprint density at radius 3 is 2.30 bits per heavy atom. The number of H-pyrrole nitrogens is 1. The lowest BCUT2D eigenvalue weighted by atomic mass is 10.1. The summed E-state index contributed by atoms with van der Waals surface area (Å²) in [6, 6.07) is 7.75. The second-order valence-electron chi connectivity index (χ2n) is 4.39. The first-order valence-corrected chi connectivity index (χ1v) is 6.57. The number of rotatable bonds is 6. The zero-order valence-electron chi connectivity index (χ0n) is 12.1. The molecule has 0 atom stereocenters. The van der Waals surface area contributed by atoms with Gasteiger partial charge in [-0.2, -0.15) is 5.10 Å². The van der Waals surface area contributed by atoms with Crippen molar-refractivity contribution < 1.29 is 9.47 Å². The third kappa shape index (κ3) is 3.90. The molecular formula is C15H21ClN2O2. The van der Waals surface area contributed by atoms with E-state index in [1.807, 2.05) is 45.0 Å². The van der Waals surface area contributed by atoms with Crippen molar-refractivity contribution in [3.05, 3.63) is 41.2 Å². The third-order valence-electron chi connectivity index (χ3n) is 3.04.